The highest BCUT2D eigenvalue weighted by molar-refractivity contribution is 5.94. The highest BCUT2D eigenvalue weighted by Crippen LogP contribution is 2.28. The number of hydrogen-bond donors (Lipinski definition) is 2. The van der Waals surface area contributed by atoms with Crippen molar-refractivity contribution >= 4 is 23.4 Å². The predicted molar refractivity (Wildman–Crippen MR) is 147 cm³/mol. The molecule has 0 atom stereocenters. The molecule has 4 rings (SSSR count). The van der Waals surface area contributed by atoms with E-state index in [0.717, 1.165) is 68.1 Å². The molecule has 3 N–H and O–H groups in total. The lowest BCUT2D eigenvalue weighted by atomic mass is 10.0. The molecule has 1 aliphatic heterocycles. The zero-order valence-corrected chi connectivity index (χ0v) is 21.2. The normalized spacial score (nSPS) is 13.8. The Bertz CT molecular complexity index is 1210. The van der Waals surface area contributed by atoms with Crippen LogP contribution >= 0.6 is 0 Å². The van der Waals surface area contributed by atoms with E-state index < -0.39 is 12.0 Å². The molecule has 0 radical (unpaired) electrons. The molecule has 2 amide bonds. The Balaban J connectivity index is 1.26. The summed E-state index contributed by atoms with van der Waals surface area (Å²) in [6.07, 6.45) is 0.742. The van der Waals surface area contributed by atoms with Crippen LogP contribution in [-0.4, -0.2) is 68.4 Å². The second-order valence-electron chi connectivity index (χ2n) is 9.13. The number of carbonyl (C=O) groups excluding carboxylic acids is 1. The number of anilines is 2. The second kappa shape index (κ2) is 12.3. The first-order chi connectivity index (χ1) is 18.0. The minimum atomic E-state index is -0.964. The number of unbranched alkanes of at least 4 members (excludes halogenated alkanes) is 1. The number of rotatable bonds is 10. The highest BCUT2D eigenvalue weighted by atomic mass is 16.5. The smallest absolute Gasteiger partial charge is 0.411 e. The van der Waals surface area contributed by atoms with Gasteiger partial charge >= 0.3 is 6.09 Å². The zero-order valence-electron chi connectivity index (χ0n) is 21.2. The summed E-state index contributed by atoms with van der Waals surface area (Å²) in [5.41, 5.74) is 9.34. The second-order valence-corrected chi connectivity index (χ2v) is 9.13. The molecule has 8 nitrogen and oxygen atoms in total. The number of nitrogens with two attached hydrogens (primary N) is 1. The molecule has 1 fully saturated rings. The van der Waals surface area contributed by atoms with Gasteiger partial charge in [0.05, 0.1) is 12.8 Å². The molecule has 194 valence electrons. The fourth-order valence-electron chi connectivity index (χ4n) is 4.73. The van der Waals surface area contributed by atoms with Crippen molar-refractivity contribution < 1.29 is 19.4 Å². The lowest BCUT2D eigenvalue weighted by molar-refractivity contribution is 0.1000. The molecule has 3 aromatic rings. The maximum atomic E-state index is 11.9. The van der Waals surface area contributed by atoms with Crippen LogP contribution in [0.15, 0.2) is 72.8 Å². The molecule has 0 saturated carbocycles. The average Bonchev–Trinajstić information content (AvgIpc) is 2.93. The van der Waals surface area contributed by atoms with E-state index in [4.69, 9.17) is 10.5 Å². The first-order valence-corrected chi connectivity index (χ1v) is 12.6. The van der Waals surface area contributed by atoms with E-state index in [1.807, 2.05) is 36.4 Å². The first kappa shape index (κ1) is 26.0. The molecule has 0 spiro atoms. The summed E-state index contributed by atoms with van der Waals surface area (Å²) >= 11 is 0. The zero-order chi connectivity index (χ0) is 26.2. The van der Waals surface area contributed by atoms with E-state index in [-0.39, 0.29) is 0 Å². The molecule has 1 heterocycles. The van der Waals surface area contributed by atoms with Gasteiger partial charge in [0.2, 0.25) is 5.91 Å². The SMILES string of the molecule is COc1ccccc1N1CCN(CCCCN(C(=O)O)c2ccc(-c3cccc(C(N)=O)c3)cc2)CC1. The van der Waals surface area contributed by atoms with Gasteiger partial charge in [-0.1, -0.05) is 36.4 Å². The Labute approximate surface area is 217 Å². The molecule has 0 bridgehead atoms. The van der Waals surface area contributed by atoms with E-state index in [1.165, 1.54) is 4.90 Å². The lowest BCUT2D eigenvalue weighted by Gasteiger charge is -2.36. The Morgan fingerprint density at radius 3 is 2.32 bits per heavy atom. The number of benzene rings is 3. The summed E-state index contributed by atoms with van der Waals surface area (Å²) in [5, 5.41) is 9.79. The Morgan fingerprint density at radius 1 is 0.919 bits per heavy atom. The van der Waals surface area contributed by atoms with Gasteiger partial charge in [-0.3, -0.25) is 14.6 Å². The summed E-state index contributed by atoms with van der Waals surface area (Å²) in [4.78, 5) is 29.6. The third-order valence-electron chi connectivity index (χ3n) is 6.79. The molecule has 3 aromatic carbocycles. The summed E-state index contributed by atoms with van der Waals surface area (Å²) < 4.78 is 5.50. The van der Waals surface area contributed by atoms with Crippen molar-refractivity contribution in [1.82, 2.24) is 4.90 Å². The van der Waals surface area contributed by atoms with Crippen LogP contribution in [0.1, 0.15) is 23.2 Å². The summed E-state index contributed by atoms with van der Waals surface area (Å²) in [7, 11) is 1.70. The van der Waals surface area contributed by atoms with Crippen LogP contribution in [0.5, 0.6) is 5.75 Å². The fourth-order valence-corrected chi connectivity index (χ4v) is 4.73. The molecule has 8 heteroatoms. The van der Waals surface area contributed by atoms with Crippen LogP contribution in [0.3, 0.4) is 0 Å². The van der Waals surface area contributed by atoms with Crippen LogP contribution in [0.2, 0.25) is 0 Å². The van der Waals surface area contributed by atoms with Gasteiger partial charge in [0.25, 0.3) is 0 Å². The van der Waals surface area contributed by atoms with E-state index in [1.54, 1.807) is 37.4 Å². The van der Waals surface area contributed by atoms with Crippen LogP contribution in [0, 0.1) is 0 Å². The minimum Gasteiger partial charge on any atom is -0.495 e. The third kappa shape index (κ3) is 6.59. The number of piperazine rings is 1. The Kier molecular flexibility index (Phi) is 8.64. The average molecular weight is 503 g/mol. The molecule has 1 saturated heterocycles. The van der Waals surface area contributed by atoms with Crippen LogP contribution in [0.4, 0.5) is 16.2 Å². The number of carboxylic acid groups (broad SMARTS) is 1. The quantitative estimate of drug-likeness (QED) is 0.395. The number of para-hydroxylation sites is 2. The van der Waals surface area contributed by atoms with Crippen molar-refractivity contribution in [2.45, 2.75) is 12.8 Å². The third-order valence-corrected chi connectivity index (χ3v) is 6.79. The highest BCUT2D eigenvalue weighted by Gasteiger charge is 2.20. The number of amides is 2. The van der Waals surface area contributed by atoms with Crippen molar-refractivity contribution in [2.24, 2.45) is 5.73 Å². The molecule has 0 aliphatic carbocycles. The lowest BCUT2D eigenvalue weighted by Crippen LogP contribution is -2.46. The minimum absolute atomic E-state index is 0.438. The summed E-state index contributed by atoms with van der Waals surface area (Å²) in [6.45, 7) is 5.21. The van der Waals surface area contributed by atoms with Gasteiger partial charge in [-0.15, -0.1) is 0 Å². The molecule has 1 aliphatic rings. The molecular formula is C29H34N4O4. The van der Waals surface area contributed by atoms with Crippen molar-refractivity contribution in [3.63, 3.8) is 0 Å². The fraction of sp³-hybridized carbons (Fsp3) is 0.310. The van der Waals surface area contributed by atoms with Crippen molar-refractivity contribution in [1.29, 1.82) is 0 Å². The van der Waals surface area contributed by atoms with Crippen LogP contribution in [-0.2, 0) is 0 Å². The number of hydrogen-bond acceptors (Lipinski definition) is 5. The number of methoxy groups -OCH3 is 1. The van der Waals surface area contributed by atoms with Crippen molar-refractivity contribution in [3.05, 3.63) is 78.4 Å². The Morgan fingerprint density at radius 2 is 1.65 bits per heavy atom. The van der Waals surface area contributed by atoms with E-state index in [9.17, 15) is 14.7 Å². The summed E-state index contributed by atoms with van der Waals surface area (Å²) in [6, 6.07) is 22.5. The van der Waals surface area contributed by atoms with E-state index >= 15 is 0 Å². The van der Waals surface area contributed by atoms with Gasteiger partial charge in [-0.25, -0.2) is 4.79 Å². The van der Waals surface area contributed by atoms with Gasteiger partial charge in [-0.2, -0.15) is 0 Å². The molecule has 0 unspecified atom stereocenters. The van der Waals surface area contributed by atoms with Crippen LogP contribution < -0.4 is 20.3 Å². The Hall–Kier alpha value is -4.04. The first-order valence-electron chi connectivity index (χ1n) is 12.6. The van der Waals surface area contributed by atoms with E-state index in [0.29, 0.717) is 17.8 Å². The number of carbonyl (C=O) groups is 2. The van der Waals surface area contributed by atoms with Gasteiger partial charge in [0, 0.05) is 44.0 Å². The molecular weight excluding hydrogens is 468 g/mol. The number of primary amides is 1. The molecule has 0 aromatic heterocycles. The topological polar surface area (TPSA) is 99.3 Å². The maximum absolute atomic E-state index is 11.9. The largest absolute Gasteiger partial charge is 0.495 e. The standard InChI is InChI=1S/C29H34N4O4/c1-37-27-10-3-2-9-26(27)32-19-17-31(18-20-32)15-4-5-16-33(29(35)36)25-13-11-22(12-14-25)23-7-6-8-24(21-23)28(30)34/h2-3,6-14,21H,4-5,15-20H2,1H3,(H2,30,34)(H,35,36). The number of nitrogens with zero attached hydrogens (tertiary/aromatic N) is 3. The van der Waals surface area contributed by atoms with Crippen molar-refractivity contribution in [2.75, 3.05) is 56.2 Å². The van der Waals surface area contributed by atoms with Gasteiger partial charge in [-0.05, 0) is 66.9 Å². The van der Waals surface area contributed by atoms with Gasteiger partial charge in [0.15, 0.2) is 0 Å². The summed E-state index contributed by atoms with van der Waals surface area (Å²) in [5.74, 6) is 0.422. The van der Waals surface area contributed by atoms with Gasteiger partial charge in [0.1, 0.15) is 5.75 Å². The number of ether oxygens (including phenoxy) is 1. The van der Waals surface area contributed by atoms with Gasteiger partial charge < -0.3 is 20.5 Å². The molecule has 37 heavy (non-hydrogen) atoms. The predicted octanol–water partition coefficient (Wildman–Crippen LogP) is 4.55. The monoisotopic (exact) mass is 502 g/mol. The van der Waals surface area contributed by atoms with Crippen molar-refractivity contribution in [3.8, 4) is 16.9 Å². The van der Waals surface area contributed by atoms with Crippen LogP contribution in [0.25, 0.3) is 11.1 Å². The van der Waals surface area contributed by atoms with E-state index in [2.05, 4.69) is 15.9 Å². The maximum Gasteiger partial charge on any atom is 0.411 e.